The van der Waals surface area contributed by atoms with Gasteiger partial charge < -0.3 is 29.1 Å². The third-order valence-corrected chi connectivity index (χ3v) is 12.8. The zero-order chi connectivity index (χ0) is 48.1. The van der Waals surface area contributed by atoms with Crippen LogP contribution in [0.2, 0.25) is 0 Å². The minimum Gasteiger partial charge on any atom is -0.506 e. The lowest BCUT2D eigenvalue weighted by molar-refractivity contribution is 0.0640. The predicted octanol–water partition coefficient (Wildman–Crippen LogP) is 15.2. The molecule has 8 rings (SSSR count). The van der Waals surface area contributed by atoms with Crippen molar-refractivity contribution in [2.75, 3.05) is 13.2 Å². The number of amides is 2. The van der Waals surface area contributed by atoms with Crippen LogP contribution in [0.5, 0.6) is 23.0 Å². The van der Waals surface area contributed by atoms with E-state index in [1.54, 1.807) is 4.90 Å². The van der Waals surface area contributed by atoms with Gasteiger partial charge in [-0.25, -0.2) is 4.79 Å². The molecule has 1 N–H and O–H groups in total. The van der Waals surface area contributed by atoms with Gasteiger partial charge in [-0.05, 0) is 148 Å². The van der Waals surface area contributed by atoms with Crippen molar-refractivity contribution in [2.24, 2.45) is 0 Å². The highest BCUT2D eigenvalue weighted by Gasteiger charge is 2.29. The summed E-state index contributed by atoms with van der Waals surface area (Å²) in [6, 6.07) is 46.2. The third-order valence-electron chi connectivity index (χ3n) is 12.8. The van der Waals surface area contributed by atoms with E-state index in [9.17, 15) is 14.7 Å². The maximum Gasteiger partial charge on any atom is 0.415 e. The number of benzene rings is 8. The Morgan fingerprint density at radius 1 is 0.441 bits per heavy atom. The van der Waals surface area contributed by atoms with Gasteiger partial charge in [0, 0.05) is 46.4 Å². The molecular formula is C60H64N2O6. The summed E-state index contributed by atoms with van der Waals surface area (Å²) in [5.74, 6) is 1.63. The first-order chi connectivity index (χ1) is 32.8. The van der Waals surface area contributed by atoms with Crippen molar-refractivity contribution in [3.8, 4) is 45.3 Å². The van der Waals surface area contributed by atoms with Crippen molar-refractivity contribution in [1.82, 2.24) is 9.80 Å². The number of nitrogens with zero attached hydrogens (tertiary/aromatic N) is 2. The van der Waals surface area contributed by atoms with Crippen molar-refractivity contribution in [1.29, 1.82) is 0 Å². The van der Waals surface area contributed by atoms with Crippen molar-refractivity contribution in [2.45, 2.75) is 105 Å². The van der Waals surface area contributed by atoms with Crippen LogP contribution in [0.1, 0.15) is 91.4 Å². The van der Waals surface area contributed by atoms with Crippen molar-refractivity contribution < 1.29 is 28.9 Å². The fourth-order valence-corrected chi connectivity index (χ4v) is 9.90. The molecule has 0 radical (unpaired) electrons. The number of carbonyl (C=O) groups is 2. The summed E-state index contributed by atoms with van der Waals surface area (Å²) in [6.45, 7) is 17.0. The molecule has 8 aromatic carbocycles. The van der Waals surface area contributed by atoms with Gasteiger partial charge in [0.1, 0.15) is 23.0 Å². The second-order valence-electron chi connectivity index (χ2n) is 18.8. The average Bonchev–Trinajstić information content (AvgIpc) is 3.31. The van der Waals surface area contributed by atoms with Gasteiger partial charge >= 0.3 is 6.09 Å². The van der Waals surface area contributed by atoms with Crippen LogP contribution in [0.4, 0.5) is 4.79 Å². The molecule has 0 aliphatic heterocycles. The predicted molar refractivity (Wildman–Crippen MR) is 279 cm³/mol. The highest BCUT2D eigenvalue weighted by Crippen LogP contribution is 2.48. The Kier molecular flexibility index (Phi) is 14.5. The first kappa shape index (κ1) is 47.4. The van der Waals surface area contributed by atoms with Gasteiger partial charge in [0.15, 0.2) is 0 Å². The third kappa shape index (κ3) is 9.68. The molecular weight excluding hydrogens is 845 g/mol. The van der Waals surface area contributed by atoms with Crippen LogP contribution in [0.25, 0.3) is 65.3 Å². The maximum absolute atomic E-state index is 14.2. The number of rotatable bonds is 17. The lowest BCUT2D eigenvalue weighted by atomic mass is 9.90. The normalized spacial score (nSPS) is 11.7. The van der Waals surface area contributed by atoms with Gasteiger partial charge in [-0.2, -0.15) is 0 Å². The highest BCUT2D eigenvalue weighted by molar-refractivity contribution is 6.14. The van der Waals surface area contributed by atoms with Crippen molar-refractivity contribution in [3.63, 3.8) is 0 Å². The standard InChI is InChI=1S/C60H64N2O6/c1-38(2)61(39(3)4)59(64)50-37-45-24-14-18-28-49(45)57(58(50)63)55-47-26-16-12-22-43(47)30-33-52(55)67-36-20-10-9-19-35-66-51-32-29-42-21-11-15-25-46(42)54(51)56-48-27-17-13-23-44(48)31-34-53(56)68-60(65)62(40(5)6)41(7)8/h11-18,21-34,37-41,63H,9-10,19-20,35-36H2,1-8H3. The van der Waals surface area contributed by atoms with E-state index in [0.29, 0.717) is 30.3 Å². The lowest BCUT2D eigenvalue weighted by Gasteiger charge is -2.31. The topological polar surface area (TPSA) is 88.5 Å². The Bertz CT molecular complexity index is 3080. The van der Waals surface area contributed by atoms with Gasteiger partial charge in [-0.15, -0.1) is 0 Å². The van der Waals surface area contributed by atoms with E-state index in [1.165, 1.54) is 0 Å². The van der Waals surface area contributed by atoms with Crippen LogP contribution in [0, 0.1) is 0 Å². The summed E-state index contributed by atoms with van der Waals surface area (Å²) < 4.78 is 19.7. The Morgan fingerprint density at radius 2 is 0.809 bits per heavy atom. The summed E-state index contributed by atoms with van der Waals surface area (Å²) in [5, 5.41) is 20.0. The molecule has 8 aromatic rings. The molecule has 0 bridgehead atoms. The van der Waals surface area contributed by atoms with Gasteiger partial charge in [0.05, 0.1) is 18.8 Å². The molecule has 2 amide bonds. The van der Waals surface area contributed by atoms with Crippen LogP contribution >= 0.6 is 0 Å². The molecule has 0 aliphatic carbocycles. The zero-order valence-electron chi connectivity index (χ0n) is 40.7. The minimum absolute atomic E-state index is 0.0346. The summed E-state index contributed by atoms with van der Waals surface area (Å²) in [4.78, 5) is 31.6. The van der Waals surface area contributed by atoms with E-state index >= 15 is 0 Å². The molecule has 68 heavy (non-hydrogen) atoms. The molecule has 8 nitrogen and oxygen atoms in total. The van der Waals surface area contributed by atoms with Gasteiger partial charge in [0.2, 0.25) is 0 Å². The van der Waals surface area contributed by atoms with E-state index < -0.39 is 0 Å². The molecule has 0 aromatic heterocycles. The number of phenols is 1. The highest BCUT2D eigenvalue weighted by atomic mass is 16.6. The molecule has 0 heterocycles. The van der Waals surface area contributed by atoms with E-state index in [4.69, 9.17) is 14.2 Å². The largest absolute Gasteiger partial charge is 0.506 e. The SMILES string of the molecule is CC(C)N(C(=O)Oc1ccc2ccccc2c1-c1c(OCCCCCCOc2ccc3ccccc3c2-c2c(O)c(C(=O)N(C(C)C)C(C)C)cc3ccccc23)ccc2ccccc12)C(C)C. The number of carbonyl (C=O) groups excluding carboxylic acids is 2. The number of hydrogen-bond acceptors (Lipinski definition) is 6. The molecule has 350 valence electrons. The number of aromatic hydroxyl groups is 1. The molecule has 0 spiro atoms. The maximum atomic E-state index is 14.2. The zero-order valence-corrected chi connectivity index (χ0v) is 40.7. The smallest absolute Gasteiger partial charge is 0.415 e. The number of fused-ring (bicyclic) bond motifs is 4. The van der Waals surface area contributed by atoms with E-state index in [-0.39, 0.29) is 47.5 Å². The van der Waals surface area contributed by atoms with Gasteiger partial charge in [-0.3, -0.25) is 4.79 Å². The van der Waals surface area contributed by atoms with Crippen molar-refractivity contribution in [3.05, 3.63) is 145 Å². The molecule has 0 unspecified atom stereocenters. The number of phenolic OH excluding ortho intramolecular Hbond substituents is 1. The molecule has 0 atom stereocenters. The fourth-order valence-electron chi connectivity index (χ4n) is 9.90. The lowest BCUT2D eigenvalue weighted by Crippen LogP contribution is -2.43. The second-order valence-corrected chi connectivity index (χ2v) is 18.8. The van der Waals surface area contributed by atoms with Crippen LogP contribution < -0.4 is 14.2 Å². The summed E-state index contributed by atoms with van der Waals surface area (Å²) >= 11 is 0. The molecule has 8 heteroatoms. The summed E-state index contributed by atoms with van der Waals surface area (Å²) in [7, 11) is 0. The quantitative estimate of drug-likeness (QED) is 0.0916. The van der Waals surface area contributed by atoms with Crippen LogP contribution in [-0.4, -0.2) is 64.3 Å². The molecule has 0 aliphatic rings. The molecule has 0 fully saturated rings. The Morgan fingerprint density at radius 3 is 1.25 bits per heavy atom. The van der Waals surface area contributed by atoms with Crippen LogP contribution in [-0.2, 0) is 0 Å². The van der Waals surface area contributed by atoms with Gasteiger partial charge in [-0.1, -0.05) is 115 Å². The average molecular weight is 909 g/mol. The van der Waals surface area contributed by atoms with Crippen LogP contribution in [0.15, 0.2) is 140 Å². The van der Waals surface area contributed by atoms with E-state index in [2.05, 4.69) is 48.5 Å². The first-order valence-corrected chi connectivity index (χ1v) is 24.2. The summed E-state index contributed by atoms with van der Waals surface area (Å²) in [5.41, 5.74) is 3.37. The fraction of sp³-hybridized carbons (Fsp3) is 0.300. The number of ether oxygens (including phenoxy) is 3. The number of unbranched alkanes of at least 4 members (excludes halogenated alkanes) is 3. The molecule has 0 saturated heterocycles. The summed E-state index contributed by atoms with van der Waals surface area (Å²) in [6.07, 6.45) is 3.09. The van der Waals surface area contributed by atoms with Crippen molar-refractivity contribution >= 4 is 55.1 Å². The Labute approximate surface area is 401 Å². The first-order valence-electron chi connectivity index (χ1n) is 24.2. The van der Waals surface area contributed by atoms with Crippen LogP contribution in [0.3, 0.4) is 0 Å². The minimum atomic E-state index is -0.386. The Hall–Kier alpha value is -7.06. The number of hydrogen-bond donors (Lipinski definition) is 1. The molecule has 0 saturated carbocycles. The van der Waals surface area contributed by atoms with E-state index in [1.807, 2.05) is 151 Å². The monoisotopic (exact) mass is 908 g/mol. The Balaban J connectivity index is 1.01. The van der Waals surface area contributed by atoms with Gasteiger partial charge in [0.25, 0.3) is 5.91 Å². The second kappa shape index (κ2) is 20.8. The van der Waals surface area contributed by atoms with E-state index in [0.717, 1.165) is 91.2 Å².